The fourth-order valence-corrected chi connectivity index (χ4v) is 2.85. The molecule has 1 aliphatic heterocycles. The molecule has 0 saturated carbocycles. The summed E-state index contributed by atoms with van der Waals surface area (Å²) >= 11 is 0. The van der Waals surface area contributed by atoms with Crippen LogP contribution < -0.4 is 0 Å². The van der Waals surface area contributed by atoms with E-state index in [1.165, 1.54) is 13.2 Å². The van der Waals surface area contributed by atoms with Crippen molar-refractivity contribution in [3.63, 3.8) is 0 Å². The molecule has 0 radical (unpaired) electrons. The fourth-order valence-electron chi connectivity index (χ4n) is 2.85. The van der Waals surface area contributed by atoms with E-state index in [1.54, 1.807) is 11.0 Å². The van der Waals surface area contributed by atoms with Gasteiger partial charge in [0, 0.05) is 32.4 Å². The van der Waals surface area contributed by atoms with Gasteiger partial charge in [-0.25, -0.2) is 0 Å². The summed E-state index contributed by atoms with van der Waals surface area (Å²) < 4.78 is 48.5. The van der Waals surface area contributed by atoms with E-state index < -0.39 is 11.7 Å². The number of esters is 1. The van der Waals surface area contributed by atoms with Crippen molar-refractivity contribution >= 4 is 11.9 Å². The lowest BCUT2D eigenvalue weighted by molar-refractivity contribution is -0.141. The summed E-state index contributed by atoms with van der Waals surface area (Å²) in [7, 11) is 1.30. The van der Waals surface area contributed by atoms with E-state index >= 15 is 0 Å². The number of hydrogen-bond donors (Lipinski definition) is 0. The Labute approximate surface area is 150 Å². The Morgan fingerprint density at radius 1 is 1.31 bits per heavy atom. The lowest BCUT2D eigenvalue weighted by Crippen LogP contribution is -2.46. The molecule has 0 aromatic heterocycles. The summed E-state index contributed by atoms with van der Waals surface area (Å²) in [6.45, 7) is 1.11. The van der Waals surface area contributed by atoms with E-state index in [-0.39, 0.29) is 30.8 Å². The maximum atomic E-state index is 12.8. The SMILES string of the molecule is COC(=O)CCCC(=O)N1CCO[C@@H](Cc2cccc(C(F)(F)F)c2)C1. The molecule has 8 heteroatoms. The molecule has 1 atom stereocenters. The van der Waals surface area contributed by atoms with Crippen LogP contribution in [-0.4, -0.2) is 49.7 Å². The molecular weight excluding hydrogens is 351 g/mol. The highest BCUT2D eigenvalue weighted by atomic mass is 19.4. The molecule has 0 unspecified atom stereocenters. The van der Waals surface area contributed by atoms with Crippen molar-refractivity contribution in [1.29, 1.82) is 0 Å². The van der Waals surface area contributed by atoms with E-state index in [0.29, 0.717) is 38.1 Å². The highest BCUT2D eigenvalue weighted by Crippen LogP contribution is 2.30. The lowest BCUT2D eigenvalue weighted by atomic mass is 10.0. The molecule has 0 aliphatic carbocycles. The van der Waals surface area contributed by atoms with Crippen molar-refractivity contribution in [1.82, 2.24) is 4.90 Å². The molecule has 1 aromatic carbocycles. The Balaban J connectivity index is 1.88. The Morgan fingerprint density at radius 2 is 2.08 bits per heavy atom. The van der Waals surface area contributed by atoms with Gasteiger partial charge in [-0.1, -0.05) is 18.2 Å². The van der Waals surface area contributed by atoms with Gasteiger partial charge in [-0.05, 0) is 18.1 Å². The van der Waals surface area contributed by atoms with Gasteiger partial charge in [0.1, 0.15) is 0 Å². The number of nitrogens with zero attached hydrogens (tertiary/aromatic N) is 1. The summed E-state index contributed by atoms with van der Waals surface area (Å²) in [4.78, 5) is 24.9. The smallest absolute Gasteiger partial charge is 0.416 e. The second-order valence-electron chi connectivity index (χ2n) is 6.16. The highest BCUT2D eigenvalue weighted by Gasteiger charge is 2.31. The Hall–Kier alpha value is -2.09. The van der Waals surface area contributed by atoms with E-state index in [2.05, 4.69) is 4.74 Å². The molecule has 1 saturated heterocycles. The number of carbonyl (C=O) groups is 2. The fraction of sp³-hybridized carbons (Fsp3) is 0.556. The zero-order valence-electron chi connectivity index (χ0n) is 14.6. The van der Waals surface area contributed by atoms with Crippen LogP contribution in [0.4, 0.5) is 13.2 Å². The predicted molar refractivity (Wildman–Crippen MR) is 87.3 cm³/mol. The van der Waals surface area contributed by atoms with Gasteiger partial charge in [0.25, 0.3) is 0 Å². The summed E-state index contributed by atoms with van der Waals surface area (Å²) in [5, 5.41) is 0. The summed E-state index contributed by atoms with van der Waals surface area (Å²) in [5.41, 5.74) is -0.175. The summed E-state index contributed by atoms with van der Waals surface area (Å²) in [6, 6.07) is 5.13. The van der Waals surface area contributed by atoms with Gasteiger partial charge in [0.2, 0.25) is 5.91 Å². The van der Waals surface area contributed by atoms with Crippen LogP contribution in [0.5, 0.6) is 0 Å². The summed E-state index contributed by atoms with van der Waals surface area (Å²) in [5.74, 6) is -0.451. The van der Waals surface area contributed by atoms with Gasteiger partial charge in [-0.15, -0.1) is 0 Å². The van der Waals surface area contributed by atoms with Crippen molar-refractivity contribution in [2.75, 3.05) is 26.8 Å². The van der Waals surface area contributed by atoms with Crippen LogP contribution in [0.25, 0.3) is 0 Å². The number of alkyl halides is 3. The van der Waals surface area contributed by atoms with Crippen LogP contribution in [0, 0.1) is 0 Å². The first-order valence-corrected chi connectivity index (χ1v) is 8.42. The highest BCUT2D eigenvalue weighted by molar-refractivity contribution is 5.77. The molecule has 1 aliphatic rings. The van der Waals surface area contributed by atoms with Gasteiger partial charge in [-0.2, -0.15) is 13.2 Å². The maximum absolute atomic E-state index is 12.8. The number of halogens is 3. The second kappa shape index (κ2) is 9.02. The van der Waals surface area contributed by atoms with E-state index in [9.17, 15) is 22.8 Å². The van der Waals surface area contributed by atoms with Crippen LogP contribution in [0.3, 0.4) is 0 Å². The number of carbonyl (C=O) groups excluding carboxylic acids is 2. The van der Waals surface area contributed by atoms with Gasteiger partial charge in [0.05, 0.1) is 25.4 Å². The number of ether oxygens (including phenoxy) is 2. The van der Waals surface area contributed by atoms with Gasteiger partial charge in [0.15, 0.2) is 0 Å². The quantitative estimate of drug-likeness (QED) is 0.720. The first-order valence-electron chi connectivity index (χ1n) is 8.42. The third-order valence-electron chi connectivity index (χ3n) is 4.21. The van der Waals surface area contributed by atoms with Crippen LogP contribution in [0.2, 0.25) is 0 Å². The standard InChI is InChI=1S/C18H22F3NO4/c1-25-17(24)7-3-6-16(23)22-8-9-26-15(12-22)11-13-4-2-5-14(10-13)18(19,20)21/h2,4-5,10,15H,3,6-9,11-12H2,1H3/t15-/m0/s1. The number of methoxy groups -OCH3 is 1. The van der Waals surface area contributed by atoms with Gasteiger partial charge in [-0.3, -0.25) is 9.59 Å². The molecule has 1 aromatic rings. The minimum atomic E-state index is -4.38. The lowest BCUT2D eigenvalue weighted by Gasteiger charge is -2.33. The van der Waals surface area contributed by atoms with Crippen LogP contribution in [0.15, 0.2) is 24.3 Å². The van der Waals surface area contributed by atoms with Crippen LogP contribution in [0.1, 0.15) is 30.4 Å². The molecule has 2 rings (SSSR count). The number of rotatable bonds is 6. The average Bonchev–Trinajstić information content (AvgIpc) is 2.61. The third kappa shape index (κ3) is 6.01. The molecule has 1 fully saturated rings. The topological polar surface area (TPSA) is 55.8 Å². The monoisotopic (exact) mass is 373 g/mol. The molecule has 0 bridgehead atoms. The minimum absolute atomic E-state index is 0.0914. The Morgan fingerprint density at radius 3 is 2.77 bits per heavy atom. The minimum Gasteiger partial charge on any atom is -0.469 e. The molecule has 1 heterocycles. The van der Waals surface area contributed by atoms with Crippen LogP contribution >= 0.6 is 0 Å². The third-order valence-corrected chi connectivity index (χ3v) is 4.21. The van der Waals surface area contributed by atoms with E-state index in [1.807, 2.05) is 0 Å². The number of morpholine rings is 1. The van der Waals surface area contributed by atoms with Crippen molar-refractivity contribution < 1.29 is 32.2 Å². The largest absolute Gasteiger partial charge is 0.469 e. The molecular formula is C18H22F3NO4. The van der Waals surface area contributed by atoms with E-state index in [0.717, 1.165) is 12.1 Å². The van der Waals surface area contributed by atoms with Crippen molar-refractivity contribution in [3.8, 4) is 0 Å². The average molecular weight is 373 g/mol. The second-order valence-corrected chi connectivity index (χ2v) is 6.16. The molecule has 144 valence electrons. The number of hydrogen-bond acceptors (Lipinski definition) is 4. The molecule has 0 N–H and O–H groups in total. The van der Waals surface area contributed by atoms with Crippen molar-refractivity contribution in [3.05, 3.63) is 35.4 Å². The predicted octanol–water partition coefficient (Wildman–Crippen LogP) is 2.82. The number of benzene rings is 1. The molecule has 0 spiro atoms. The zero-order valence-corrected chi connectivity index (χ0v) is 14.6. The maximum Gasteiger partial charge on any atom is 0.416 e. The van der Waals surface area contributed by atoms with Crippen molar-refractivity contribution in [2.45, 2.75) is 38.0 Å². The Kier molecular flexibility index (Phi) is 7.02. The Bertz CT molecular complexity index is 633. The first-order chi connectivity index (χ1) is 12.3. The van der Waals surface area contributed by atoms with Gasteiger partial charge < -0.3 is 14.4 Å². The zero-order chi connectivity index (χ0) is 19.2. The molecule has 5 nitrogen and oxygen atoms in total. The van der Waals surface area contributed by atoms with Gasteiger partial charge >= 0.3 is 12.1 Å². The van der Waals surface area contributed by atoms with E-state index in [4.69, 9.17) is 4.74 Å². The van der Waals surface area contributed by atoms with Crippen LogP contribution in [-0.2, 0) is 31.7 Å². The molecule has 1 amide bonds. The van der Waals surface area contributed by atoms with Crippen molar-refractivity contribution in [2.24, 2.45) is 0 Å². The number of amides is 1. The summed E-state index contributed by atoms with van der Waals surface area (Å²) in [6.07, 6.45) is -3.62. The molecule has 26 heavy (non-hydrogen) atoms. The normalized spacial score (nSPS) is 17.8. The first kappa shape index (κ1) is 20.2.